The van der Waals surface area contributed by atoms with Crippen molar-refractivity contribution in [2.45, 2.75) is 36.1 Å². The van der Waals surface area contributed by atoms with Gasteiger partial charge in [-0.05, 0) is 13.8 Å². The van der Waals surface area contributed by atoms with Crippen LogP contribution in [0, 0.1) is 0 Å². The van der Waals surface area contributed by atoms with Crippen LogP contribution in [0.4, 0.5) is 0 Å². The van der Waals surface area contributed by atoms with Gasteiger partial charge in [0.1, 0.15) is 0 Å². The molecule has 0 spiro atoms. The number of rotatable bonds is 1. The SMILES string of the molecule is CC1(C)S[C@@H]2CC(=O)N2[C@@]1(N)C(=O)O. The maximum atomic E-state index is 11.3. The van der Waals surface area contributed by atoms with Crippen LogP contribution < -0.4 is 5.73 Å². The Morgan fingerprint density at radius 1 is 1.71 bits per heavy atom. The lowest BCUT2D eigenvalue weighted by Crippen LogP contribution is -2.72. The first-order chi connectivity index (χ1) is 6.30. The molecule has 0 saturated carbocycles. The van der Waals surface area contributed by atoms with Crippen molar-refractivity contribution in [3.8, 4) is 0 Å². The van der Waals surface area contributed by atoms with Crippen molar-refractivity contribution in [3.05, 3.63) is 0 Å². The number of hydrogen-bond donors (Lipinski definition) is 2. The number of fused-ring (bicyclic) bond motifs is 1. The zero-order valence-electron chi connectivity index (χ0n) is 7.98. The van der Waals surface area contributed by atoms with E-state index in [0.717, 1.165) is 0 Å². The van der Waals surface area contributed by atoms with Crippen LogP contribution in [-0.4, -0.2) is 37.7 Å². The first-order valence-corrected chi connectivity index (χ1v) is 5.21. The molecule has 2 rings (SSSR count). The summed E-state index contributed by atoms with van der Waals surface area (Å²) in [5, 5.41) is 9.06. The molecule has 2 atom stereocenters. The Morgan fingerprint density at radius 2 is 2.29 bits per heavy atom. The molecule has 3 N–H and O–H groups in total. The second-order valence-corrected chi connectivity index (χ2v) is 5.92. The Bertz CT molecular complexity index is 331. The molecule has 14 heavy (non-hydrogen) atoms. The molecular weight excluding hydrogens is 204 g/mol. The first kappa shape index (κ1) is 9.79. The number of carboxylic acid groups (broad SMARTS) is 1. The summed E-state index contributed by atoms with van der Waals surface area (Å²) in [5.74, 6) is -1.30. The van der Waals surface area contributed by atoms with E-state index in [4.69, 9.17) is 10.8 Å². The van der Waals surface area contributed by atoms with E-state index < -0.39 is 16.4 Å². The van der Waals surface area contributed by atoms with Gasteiger partial charge in [0.25, 0.3) is 0 Å². The van der Waals surface area contributed by atoms with Gasteiger partial charge in [-0.15, -0.1) is 11.8 Å². The second kappa shape index (κ2) is 2.43. The Labute approximate surface area is 85.6 Å². The molecule has 0 aromatic carbocycles. The quantitative estimate of drug-likeness (QED) is 0.593. The fourth-order valence-corrected chi connectivity index (χ4v) is 3.65. The van der Waals surface area contributed by atoms with Gasteiger partial charge >= 0.3 is 5.97 Å². The summed E-state index contributed by atoms with van der Waals surface area (Å²) in [6, 6.07) is 0. The van der Waals surface area contributed by atoms with Gasteiger partial charge < -0.3 is 10.0 Å². The van der Waals surface area contributed by atoms with E-state index in [1.165, 1.54) is 16.7 Å². The topological polar surface area (TPSA) is 83.6 Å². The smallest absolute Gasteiger partial charge is 0.346 e. The fraction of sp³-hybridized carbons (Fsp3) is 0.750. The first-order valence-electron chi connectivity index (χ1n) is 4.33. The minimum atomic E-state index is -1.56. The predicted octanol–water partition coefficient (Wildman–Crippen LogP) is -0.190. The third-order valence-corrected chi connectivity index (χ3v) is 4.51. The van der Waals surface area contributed by atoms with Crippen molar-refractivity contribution in [2.75, 3.05) is 0 Å². The third-order valence-electron chi connectivity index (χ3n) is 2.96. The number of amides is 1. The van der Waals surface area contributed by atoms with E-state index >= 15 is 0 Å². The monoisotopic (exact) mass is 216 g/mol. The van der Waals surface area contributed by atoms with Gasteiger partial charge in [0.2, 0.25) is 11.6 Å². The molecular formula is C8H12N2O3S. The van der Waals surface area contributed by atoms with Crippen molar-refractivity contribution in [3.63, 3.8) is 0 Å². The molecule has 0 unspecified atom stereocenters. The van der Waals surface area contributed by atoms with Crippen LogP contribution in [0.3, 0.4) is 0 Å². The summed E-state index contributed by atoms with van der Waals surface area (Å²) in [6.07, 6.45) is 0.403. The normalized spacial score (nSPS) is 39.2. The second-order valence-electron chi connectivity index (χ2n) is 4.12. The number of aliphatic carboxylic acids is 1. The molecule has 0 aromatic heterocycles. The minimum Gasteiger partial charge on any atom is -0.478 e. The Hall–Kier alpha value is -0.750. The van der Waals surface area contributed by atoms with Gasteiger partial charge in [-0.25, -0.2) is 4.79 Å². The van der Waals surface area contributed by atoms with Crippen LogP contribution in [0.2, 0.25) is 0 Å². The maximum Gasteiger partial charge on any atom is 0.346 e. The zero-order valence-corrected chi connectivity index (χ0v) is 8.80. The van der Waals surface area contributed by atoms with Crippen molar-refractivity contribution >= 4 is 23.6 Å². The molecule has 78 valence electrons. The number of thioether (sulfide) groups is 1. The van der Waals surface area contributed by atoms with E-state index in [1.807, 2.05) is 0 Å². The molecule has 5 nitrogen and oxygen atoms in total. The number of carbonyl (C=O) groups excluding carboxylic acids is 1. The van der Waals surface area contributed by atoms with E-state index in [1.54, 1.807) is 13.8 Å². The Kier molecular flexibility index (Phi) is 1.70. The summed E-state index contributed by atoms with van der Waals surface area (Å²) >= 11 is 1.46. The number of nitrogens with two attached hydrogens (primary N) is 1. The zero-order chi connectivity index (χ0) is 10.7. The molecule has 0 radical (unpaired) electrons. The fourth-order valence-electron chi connectivity index (χ4n) is 1.99. The molecule has 0 bridgehead atoms. The standard InChI is InChI=1S/C8H12N2O3S/c1-7(2)8(9,6(12)13)10-4(11)3-5(10)14-7/h5H,3,9H2,1-2H3,(H,12,13)/t5-,8+/m1/s1. The lowest BCUT2D eigenvalue weighted by atomic mass is 9.91. The summed E-state index contributed by atoms with van der Waals surface area (Å²) in [6.45, 7) is 3.52. The molecule has 2 aliphatic rings. The Morgan fingerprint density at radius 3 is 2.64 bits per heavy atom. The van der Waals surface area contributed by atoms with Crippen molar-refractivity contribution < 1.29 is 14.7 Å². The van der Waals surface area contributed by atoms with Crippen molar-refractivity contribution in [1.29, 1.82) is 0 Å². The maximum absolute atomic E-state index is 11.3. The summed E-state index contributed by atoms with van der Waals surface area (Å²) in [4.78, 5) is 23.7. The average molecular weight is 216 g/mol. The van der Waals surface area contributed by atoms with Gasteiger partial charge in [0, 0.05) is 0 Å². The van der Waals surface area contributed by atoms with Crippen LogP contribution in [0.25, 0.3) is 0 Å². The van der Waals surface area contributed by atoms with E-state index in [-0.39, 0.29) is 11.3 Å². The molecule has 0 aliphatic carbocycles. The third kappa shape index (κ3) is 0.852. The van der Waals surface area contributed by atoms with Gasteiger partial charge in [-0.1, -0.05) is 0 Å². The van der Waals surface area contributed by atoms with Gasteiger partial charge in [-0.2, -0.15) is 0 Å². The highest BCUT2D eigenvalue weighted by atomic mass is 32.2. The van der Waals surface area contributed by atoms with Crippen LogP contribution in [0.15, 0.2) is 0 Å². The molecule has 0 aromatic rings. The highest BCUT2D eigenvalue weighted by molar-refractivity contribution is 8.01. The van der Waals surface area contributed by atoms with Crippen LogP contribution in [0.1, 0.15) is 20.3 Å². The van der Waals surface area contributed by atoms with Crippen molar-refractivity contribution in [2.24, 2.45) is 5.73 Å². The molecule has 2 saturated heterocycles. The number of β-lactam (4-membered cyclic amide) rings is 1. The summed E-state index contributed by atoms with van der Waals surface area (Å²) in [7, 11) is 0. The molecule has 2 aliphatic heterocycles. The number of carboxylic acids is 1. The Balaban J connectivity index is 2.45. The largest absolute Gasteiger partial charge is 0.478 e. The van der Waals surface area contributed by atoms with Crippen LogP contribution in [0.5, 0.6) is 0 Å². The predicted molar refractivity (Wildman–Crippen MR) is 51.5 cm³/mol. The highest BCUT2D eigenvalue weighted by Crippen LogP contribution is 2.54. The average Bonchev–Trinajstić information content (AvgIpc) is 2.16. The number of nitrogens with zero attached hydrogens (tertiary/aromatic N) is 1. The molecule has 2 heterocycles. The van der Waals surface area contributed by atoms with E-state index in [9.17, 15) is 9.59 Å². The van der Waals surface area contributed by atoms with Gasteiger partial charge in [0.05, 0.1) is 16.5 Å². The lowest BCUT2D eigenvalue weighted by Gasteiger charge is -2.43. The number of carbonyl (C=O) groups is 2. The van der Waals surface area contributed by atoms with Crippen LogP contribution in [-0.2, 0) is 9.59 Å². The van der Waals surface area contributed by atoms with E-state index in [2.05, 4.69) is 0 Å². The lowest BCUT2D eigenvalue weighted by molar-refractivity contribution is -0.167. The minimum absolute atomic E-state index is 0.0569. The van der Waals surface area contributed by atoms with Gasteiger partial charge in [0.15, 0.2) is 0 Å². The summed E-state index contributed by atoms with van der Waals surface area (Å²) in [5.41, 5.74) is 4.28. The molecule has 2 fully saturated rings. The highest BCUT2D eigenvalue weighted by Gasteiger charge is 2.67. The van der Waals surface area contributed by atoms with E-state index in [0.29, 0.717) is 6.42 Å². The number of hydrogen-bond acceptors (Lipinski definition) is 4. The van der Waals surface area contributed by atoms with Crippen LogP contribution >= 0.6 is 11.8 Å². The molecule has 1 amide bonds. The van der Waals surface area contributed by atoms with Gasteiger partial charge in [-0.3, -0.25) is 10.5 Å². The van der Waals surface area contributed by atoms with Crippen molar-refractivity contribution in [1.82, 2.24) is 4.90 Å². The molecule has 6 heteroatoms. The summed E-state index contributed by atoms with van der Waals surface area (Å²) < 4.78 is -0.643.